The molecule has 0 aromatic rings. The van der Waals surface area contributed by atoms with Crippen LogP contribution in [0.2, 0.25) is 0 Å². The van der Waals surface area contributed by atoms with E-state index >= 15 is 0 Å². The van der Waals surface area contributed by atoms with Crippen LogP contribution < -0.4 is 0 Å². The van der Waals surface area contributed by atoms with Crippen LogP contribution in [0.15, 0.2) is 0 Å². The van der Waals surface area contributed by atoms with E-state index in [4.69, 9.17) is 4.74 Å². The first-order valence-electron chi connectivity index (χ1n) is 4.63. The average molecular weight is 184 g/mol. The van der Waals surface area contributed by atoms with Gasteiger partial charge in [0.15, 0.2) is 0 Å². The summed E-state index contributed by atoms with van der Waals surface area (Å²) in [6.45, 7) is 5.50. The van der Waals surface area contributed by atoms with Gasteiger partial charge in [-0.2, -0.15) is 0 Å². The molecule has 0 unspecified atom stereocenters. The first-order valence-corrected chi connectivity index (χ1v) is 4.63. The molecule has 1 rings (SSSR count). The van der Waals surface area contributed by atoms with Crippen molar-refractivity contribution in [2.45, 2.75) is 45.6 Å². The Balaban J connectivity index is 2.45. The molecule has 0 aliphatic heterocycles. The number of carbonyl (C=O) groups is 2. The predicted molar refractivity (Wildman–Crippen MR) is 48.2 cm³/mol. The second kappa shape index (κ2) is 3.48. The van der Waals surface area contributed by atoms with E-state index in [9.17, 15) is 9.59 Å². The number of Topliss-reactive ketones (excluding diaryl/α,β-unsaturated/α-hetero) is 1. The van der Waals surface area contributed by atoms with Crippen molar-refractivity contribution in [2.24, 2.45) is 5.92 Å². The van der Waals surface area contributed by atoms with Crippen LogP contribution in [-0.2, 0) is 14.3 Å². The average Bonchev–Trinajstić information content (AvgIpc) is 2.31. The maximum Gasteiger partial charge on any atom is 0.309 e. The van der Waals surface area contributed by atoms with Gasteiger partial charge in [0.05, 0.1) is 5.92 Å². The van der Waals surface area contributed by atoms with E-state index in [1.165, 1.54) is 0 Å². The molecule has 0 aromatic heterocycles. The summed E-state index contributed by atoms with van der Waals surface area (Å²) in [5, 5.41) is 0. The summed E-state index contributed by atoms with van der Waals surface area (Å²) < 4.78 is 5.18. The number of ether oxygens (including phenoxy) is 1. The van der Waals surface area contributed by atoms with Gasteiger partial charge in [-0.1, -0.05) is 0 Å². The summed E-state index contributed by atoms with van der Waals surface area (Å²) in [6, 6.07) is 0. The van der Waals surface area contributed by atoms with Gasteiger partial charge in [-0.05, 0) is 27.2 Å². The number of hydrogen-bond donors (Lipinski definition) is 0. The predicted octanol–water partition coefficient (Wildman–Crippen LogP) is 1.70. The van der Waals surface area contributed by atoms with Crippen molar-refractivity contribution >= 4 is 11.8 Å². The highest BCUT2D eigenvalue weighted by molar-refractivity contribution is 5.87. The minimum Gasteiger partial charge on any atom is -0.460 e. The van der Waals surface area contributed by atoms with Crippen molar-refractivity contribution in [3.8, 4) is 0 Å². The fraction of sp³-hybridized carbons (Fsp3) is 0.800. The molecule has 0 bridgehead atoms. The molecular weight excluding hydrogens is 168 g/mol. The Labute approximate surface area is 78.5 Å². The third kappa shape index (κ3) is 3.17. The Morgan fingerprint density at radius 3 is 2.46 bits per heavy atom. The number of esters is 1. The second-order valence-electron chi connectivity index (χ2n) is 4.51. The summed E-state index contributed by atoms with van der Waals surface area (Å²) >= 11 is 0. The summed E-state index contributed by atoms with van der Waals surface area (Å²) in [4.78, 5) is 22.3. The normalized spacial score (nSPS) is 23.3. The number of carbonyl (C=O) groups excluding carboxylic acids is 2. The van der Waals surface area contributed by atoms with Crippen LogP contribution in [0, 0.1) is 5.92 Å². The number of rotatable bonds is 1. The lowest BCUT2D eigenvalue weighted by Crippen LogP contribution is -2.27. The Bertz CT molecular complexity index is 225. The largest absolute Gasteiger partial charge is 0.460 e. The molecule has 1 fully saturated rings. The molecular formula is C10H16O3. The quantitative estimate of drug-likeness (QED) is 0.582. The highest BCUT2D eigenvalue weighted by Gasteiger charge is 2.31. The lowest BCUT2D eigenvalue weighted by molar-refractivity contribution is -0.160. The Kier molecular flexibility index (Phi) is 2.74. The first kappa shape index (κ1) is 10.2. The van der Waals surface area contributed by atoms with Gasteiger partial charge >= 0.3 is 5.97 Å². The molecule has 1 aliphatic carbocycles. The molecule has 0 spiro atoms. The van der Waals surface area contributed by atoms with Crippen LogP contribution in [0.25, 0.3) is 0 Å². The highest BCUT2D eigenvalue weighted by Crippen LogP contribution is 2.24. The summed E-state index contributed by atoms with van der Waals surface area (Å²) in [5.41, 5.74) is -0.442. The molecule has 74 valence electrons. The maximum absolute atomic E-state index is 11.4. The Morgan fingerprint density at radius 1 is 1.46 bits per heavy atom. The highest BCUT2D eigenvalue weighted by atomic mass is 16.6. The standard InChI is InChI=1S/C10H16O3/c1-10(2,3)13-9(12)7-4-5-8(11)6-7/h7H,4-6H2,1-3H3/t7-/m0/s1. The van der Waals surface area contributed by atoms with Crippen molar-refractivity contribution in [1.29, 1.82) is 0 Å². The molecule has 3 nitrogen and oxygen atoms in total. The molecule has 0 radical (unpaired) electrons. The third-order valence-corrected chi connectivity index (χ3v) is 1.99. The molecule has 1 saturated carbocycles. The van der Waals surface area contributed by atoms with Crippen LogP contribution in [0.3, 0.4) is 0 Å². The fourth-order valence-electron chi connectivity index (χ4n) is 1.40. The van der Waals surface area contributed by atoms with E-state index in [1.807, 2.05) is 20.8 Å². The van der Waals surface area contributed by atoms with Crippen LogP contribution >= 0.6 is 0 Å². The van der Waals surface area contributed by atoms with Gasteiger partial charge in [0, 0.05) is 12.8 Å². The van der Waals surface area contributed by atoms with Gasteiger partial charge in [-0.25, -0.2) is 0 Å². The summed E-state index contributed by atoms with van der Waals surface area (Å²) in [5.74, 6) is -0.235. The molecule has 0 amide bonds. The van der Waals surface area contributed by atoms with Crippen molar-refractivity contribution in [3.63, 3.8) is 0 Å². The number of ketones is 1. The molecule has 3 heteroatoms. The molecule has 0 aromatic carbocycles. The molecule has 0 heterocycles. The van der Waals surface area contributed by atoms with E-state index < -0.39 is 5.60 Å². The Hall–Kier alpha value is -0.860. The third-order valence-electron chi connectivity index (χ3n) is 1.99. The minimum absolute atomic E-state index is 0.177. The molecule has 0 saturated heterocycles. The zero-order valence-corrected chi connectivity index (χ0v) is 8.42. The first-order chi connectivity index (χ1) is 5.88. The van der Waals surface area contributed by atoms with Crippen molar-refractivity contribution in [3.05, 3.63) is 0 Å². The maximum atomic E-state index is 11.4. The van der Waals surface area contributed by atoms with Gasteiger partial charge in [-0.3, -0.25) is 9.59 Å². The number of hydrogen-bond acceptors (Lipinski definition) is 3. The van der Waals surface area contributed by atoms with Gasteiger partial charge in [0.1, 0.15) is 11.4 Å². The second-order valence-corrected chi connectivity index (χ2v) is 4.51. The topological polar surface area (TPSA) is 43.4 Å². The zero-order valence-electron chi connectivity index (χ0n) is 8.42. The van der Waals surface area contributed by atoms with E-state index in [-0.39, 0.29) is 17.7 Å². The van der Waals surface area contributed by atoms with Gasteiger partial charge in [-0.15, -0.1) is 0 Å². The van der Waals surface area contributed by atoms with E-state index in [0.717, 1.165) is 0 Å². The van der Waals surface area contributed by atoms with Crippen molar-refractivity contribution in [2.75, 3.05) is 0 Å². The van der Waals surface area contributed by atoms with Crippen molar-refractivity contribution in [1.82, 2.24) is 0 Å². The smallest absolute Gasteiger partial charge is 0.309 e. The summed E-state index contributed by atoms with van der Waals surface area (Å²) in [7, 11) is 0. The molecule has 1 atom stereocenters. The monoisotopic (exact) mass is 184 g/mol. The Morgan fingerprint density at radius 2 is 2.08 bits per heavy atom. The van der Waals surface area contributed by atoms with Gasteiger partial charge < -0.3 is 4.74 Å². The van der Waals surface area contributed by atoms with Crippen LogP contribution in [0.1, 0.15) is 40.0 Å². The molecule has 13 heavy (non-hydrogen) atoms. The van der Waals surface area contributed by atoms with Crippen LogP contribution in [0.5, 0.6) is 0 Å². The lowest BCUT2D eigenvalue weighted by atomic mass is 10.1. The van der Waals surface area contributed by atoms with E-state index in [0.29, 0.717) is 19.3 Å². The molecule has 0 N–H and O–H groups in total. The van der Waals surface area contributed by atoms with Gasteiger partial charge in [0.2, 0.25) is 0 Å². The minimum atomic E-state index is -0.442. The molecule has 1 aliphatic rings. The van der Waals surface area contributed by atoms with Crippen LogP contribution in [0.4, 0.5) is 0 Å². The van der Waals surface area contributed by atoms with Gasteiger partial charge in [0.25, 0.3) is 0 Å². The van der Waals surface area contributed by atoms with Crippen LogP contribution in [-0.4, -0.2) is 17.4 Å². The van der Waals surface area contributed by atoms with E-state index in [2.05, 4.69) is 0 Å². The summed E-state index contributed by atoms with van der Waals surface area (Å²) in [6.07, 6.45) is 1.56. The van der Waals surface area contributed by atoms with E-state index in [1.54, 1.807) is 0 Å². The SMILES string of the molecule is CC(C)(C)OC(=O)[C@H]1CCC(=O)C1. The fourth-order valence-corrected chi connectivity index (χ4v) is 1.40. The zero-order chi connectivity index (χ0) is 10.1. The lowest BCUT2D eigenvalue weighted by Gasteiger charge is -2.21. The van der Waals surface area contributed by atoms with Crippen molar-refractivity contribution < 1.29 is 14.3 Å².